The summed E-state index contributed by atoms with van der Waals surface area (Å²) in [6.07, 6.45) is 2.21. The normalized spacial score (nSPS) is 9.30. The van der Waals surface area contributed by atoms with Crippen molar-refractivity contribution in [3.8, 4) is 0 Å². The van der Waals surface area contributed by atoms with Crippen LogP contribution < -0.4 is 0 Å². The average molecular weight is 132 g/mol. The topological polar surface area (TPSA) is 17.1 Å². The molecule has 2 radical (unpaired) electrons. The zero-order valence-electron chi connectivity index (χ0n) is 5.63. The van der Waals surface area contributed by atoms with Crippen LogP contribution in [0, 0.1) is 6.92 Å². The summed E-state index contributed by atoms with van der Waals surface area (Å²) in [6.45, 7) is 3.72. The molecule has 1 aromatic rings. The van der Waals surface area contributed by atoms with Crippen LogP contribution in [0.2, 0.25) is 0 Å². The molecule has 0 saturated heterocycles. The Bertz CT molecular complexity index is 211. The van der Waals surface area contributed by atoms with Crippen LogP contribution in [-0.4, -0.2) is 6.29 Å². The summed E-state index contributed by atoms with van der Waals surface area (Å²) in [4.78, 5) is 9.92. The molecule has 0 atom stereocenters. The van der Waals surface area contributed by atoms with Gasteiger partial charge >= 0.3 is 0 Å². The van der Waals surface area contributed by atoms with Crippen molar-refractivity contribution in [1.82, 2.24) is 0 Å². The van der Waals surface area contributed by atoms with Gasteiger partial charge in [-0.1, -0.05) is 24.3 Å². The van der Waals surface area contributed by atoms with Crippen molar-refractivity contribution in [2.75, 3.05) is 0 Å². The fraction of sp³-hybridized carbons (Fsp3) is 0.111. The Hall–Kier alpha value is -1.11. The molecule has 0 N–H and O–H groups in total. The minimum Gasteiger partial charge on any atom is -0.291 e. The van der Waals surface area contributed by atoms with Gasteiger partial charge in [0.15, 0.2) is 0 Å². The first-order valence-electron chi connectivity index (χ1n) is 3.09. The fourth-order valence-corrected chi connectivity index (χ4v) is 0.740. The maximum absolute atomic E-state index is 9.92. The van der Waals surface area contributed by atoms with E-state index in [0.717, 1.165) is 11.1 Å². The molecule has 0 spiro atoms. The van der Waals surface area contributed by atoms with Crippen LogP contribution in [0.1, 0.15) is 11.1 Å². The lowest BCUT2D eigenvalue weighted by Crippen LogP contribution is -1.84. The van der Waals surface area contributed by atoms with Crippen molar-refractivity contribution in [3.63, 3.8) is 0 Å². The van der Waals surface area contributed by atoms with Crippen molar-refractivity contribution >= 4 is 6.29 Å². The summed E-state index contributed by atoms with van der Waals surface area (Å²) in [5.41, 5.74) is 1.96. The summed E-state index contributed by atoms with van der Waals surface area (Å²) in [6, 6.07) is 7.53. The summed E-state index contributed by atoms with van der Waals surface area (Å²) >= 11 is 0. The lowest BCUT2D eigenvalue weighted by molar-refractivity contribution is 0.555. The van der Waals surface area contributed by atoms with Crippen molar-refractivity contribution in [3.05, 3.63) is 42.3 Å². The summed E-state index contributed by atoms with van der Waals surface area (Å²) in [5, 5.41) is 0. The van der Waals surface area contributed by atoms with E-state index in [1.807, 2.05) is 30.6 Å². The van der Waals surface area contributed by atoms with E-state index < -0.39 is 0 Å². The number of benzene rings is 1. The predicted octanol–water partition coefficient (Wildman–Crippen LogP) is 1.52. The van der Waals surface area contributed by atoms with Gasteiger partial charge in [0, 0.05) is 6.42 Å². The summed E-state index contributed by atoms with van der Waals surface area (Å²) < 4.78 is 0. The smallest absolute Gasteiger partial charge is 0.203 e. The Kier molecular flexibility index (Phi) is 2.21. The molecular weight excluding hydrogens is 124 g/mol. The fourth-order valence-electron chi connectivity index (χ4n) is 0.740. The quantitative estimate of drug-likeness (QED) is 0.596. The Balaban J connectivity index is 2.78. The van der Waals surface area contributed by atoms with Gasteiger partial charge in [-0.2, -0.15) is 0 Å². The van der Waals surface area contributed by atoms with E-state index in [0.29, 0.717) is 6.42 Å². The van der Waals surface area contributed by atoms with E-state index in [1.54, 1.807) is 0 Å². The molecule has 0 saturated carbocycles. The average Bonchev–Trinajstić information content (AvgIpc) is 1.95. The summed E-state index contributed by atoms with van der Waals surface area (Å²) in [5.74, 6) is 0. The molecule has 0 aliphatic heterocycles. The van der Waals surface area contributed by atoms with Gasteiger partial charge in [0.2, 0.25) is 6.29 Å². The first-order valence-corrected chi connectivity index (χ1v) is 3.09. The minimum atomic E-state index is 0.375. The van der Waals surface area contributed by atoms with Crippen LogP contribution in [0.5, 0.6) is 0 Å². The molecule has 1 nitrogen and oxygen atoms in total. The molecule has 50 valence electrons. The van der Waals surface area contributed by atoms with E-state index in [4.69, 9.17) is 0 Å². The monoisotopic (exact) mass is 132 g/mol. The second-order valence-electron chi connectivity index (χ2n) is 2.14. The number of carbonyl (C=O) groups excluding carboxylic acids is 1. The van der Waals surface area contributed by atoms with Gasteiger partial charge in [-0.25, -0.2) is 0 Å². The highest BCUT2D eigenvalue weighted by molar-refractivity contribution is 5.55. The van der Waals surface area contributed by atoms with Crippen LogP contribution in [-0.2, 0) is 11.2 Å². The summed E-state index contributed by atoms with van der Waals surface area (Å²) in [7, 11) is 0. The molecule has 0 unspecified atom stereocenters. The maximum atomic E-state index is 9.92. The molecule has 0 amide bonds. The zero-order valence-corrected chi connectivity index (χ0v) is 5.63. The number of rotatable bonds is 2. The van der Waals surface area contributed by atoms with Crippen molar-refractivity contribution in [2.24, 2.45) is 0 Å². The van der Waals surface area contributed by atoms with Crippen molar-refractivity contribution < 1.29 is 4.79 Å². The highest BCUT2D eigenvalue weighted by atomic mass is 16.1. The maximum Gasteiger partial charge on any atom is 0.203 e. The highest BCUT2D eigenvalue weighted by Crippen LogP contribution is 2.01. The predicted molar refractivity (Wildman–Crippen MR) is 40.3 cm³/mol. The third kappa shape index (κ3) is 1.69. The molecule has 0 fully saturated rings. The minimum absolute atomic E-state index is 0.375. The number of hydrogen-bond acceptors (Lipinski definition) is 1. The van der Waals surface area contributed by atoms with E-state index in [2.05, 4.69) is 6.92 Å². The van der Waals surface area contributed by atoms with Crippen LogP contribution >= 0.6 is 0 Å². The van der Waals surface area contributed by atoms with Gasteiger partial charge in [-0.3, -0.25) is 4.79 Å². The van der Waals surface area contributed by atoms with E-state index >= 15 is 0 Å². The molecule has 1 heteroatoms. The first-order chi connectivity index (χ1) is 4.83. The van der Waals surface area contributed by atoms with Crippen LogP contribution in [0.15, 0.2) is 24.3 Å². The molecule has 0 heterocycles. The molecule has 0 aliphatic rings. The van der Waals surface area contributed by atoms with Gasteiger partial charge in [0.05, 0.1) is 0 Å². The van der Waals surface area contributed by atoms with Crippen LogP contribution in [0.3, 0.4) is 0 Å². The molecule has 1 aromatic carbocycles. The lowest BCUT2D eigenvalue weighted by Gasteiger charge is -1.93. The second-order valence-corrected chi connectivity index (χ2v) is 2.14. The Labute approximate surface area is 60.7 Å². The third-order valence-electron chi connectivity index (χ3n) is 1.30. The van der Waals surface area contributed by atoms with Crippen LogP contribution in [0.25, 0.3) is 0 Å². The van der Waals surface area contributed by atoms with E-state index in [9.17, 15) is 4.79 Å². The third-order valence-corrected chi connectivity index (χ3v) is 1.30. The second kappa shape index (κ2) is 3.16. The molecule has 0 aromatic heterocycles. The zero-order chi connectivity index (χ0) is 7.40. The van der Waals surface area contributed by atoms with Gasteiger partial charge in [0.1, 0.15) is 0 Å². The Morgan fingerprint density at radius 3 is 2.40 bits per heavy atom. The van der Waals surface area contributed by atoms with Gasteiger partial charge < -0.3 is 0 Å². The molecular formula is C9H8O. The van der Waals surface area contributed by atoms with E-state index in [1.165, 1.54) is 0 Å². The van der Waals surface area contributed by atoms with Crippen molar-refractivity contribution in [2.45, 2.75) is 6.42 Å². The molecule has 10 heavy (non-hydrogen) atoms. The van der Waals surface area contributed by atoms with Crippen molar-refractivity contribution in [1.29, 1.82) is 0 Å². The largest absolute Gasteiger partial charge is 0.291 e. The van der Waals surface area contributed by atoms with Gasteiger partial charge in [-0.15, -0.1) is 0 Å². The lowest BCUT2D eigenvalue weighted by atomic mass is 10.1. The highest BCUT2D eigenvalue weighted by Gasteiger charge is 1.89. The van der Waals surface area contributed by atoms with Gasteiger partial charge in [0.25, 0.3) is 0 Å². The standard InChI is InChI=1S/C9H8O/c1-8-2-4-9(5-3-8)6-7-10/h2-5H,1,6H2. The van der Waals surface area contributed by atoms with Gasteiger partial charge in [-0.05, 0) is 18.1 Å². The van der Waals surface area contributed by atoms with E-state index in [-0.39, 0.29) is 0 Å². The number of hydrogen-bond donors (Lipinski definition) is 0. The Morgan fingerprint density at radius 1 is 1.30 bits per heavy atom. The Morgan fingerprint density at radius 2 is 1.90 bits per heavy atom. The molecule has 0 aliphatic carbocycles. The first kappa shape index (κ1) is 7.00. The molecule has 1 rings (SSSR count). The molecule has 0 bridgehead atoms. The SMILES string of the molecule is [CH2]c1ccc(C[C]=O)cc1. The van der Waals surface area contributed by atoms with Crippen LogP contribution in [0.4, 0.5) is 0 Å².